The Bertz CT molecular complexity index is 1410. The Morgan fingerprint density at radius 2 is 1.79 bits per heavy atom. The van der Waals surface area contributed by atoms with Crippen LogP contribution in [0.4, 0.5) is 0 Å². The van der Waals surface area contributed by atoms with Crippen LogP contribution in [0.2, 0.25) is 0 Å². The molecule has 1 aliphatic rings. The fraction of sp³-hybridized carbons (Fsp3) is 0.296. The summed E-state index contributed by atoms with van der Waals surface area (Å²) in [4.78, 5) is 13.6. The van der Waals surface area contributed by atoms with Crippen LogP contribution in [-0.2, 0) is 18.4 Å². The molecule has 0 amide bonds. The molecule has 1 aromatic heterocycles. The van der Waals surface area contributed by atoms with Crippen molar-refractivity contribution in [2.45, 2.75) is 38.3 Å². The predicted molar refractivity (Wildman–Crippen MR) is 128 cm³/mol. The van der Waals surface area contributed by atoms with Crippen molar-refractivity contribution in [2.75, 3.05) is 7.11 Å². The lowest BCUT2D eigenvalue weighted by Gasteiger charge is -2.42. The Morgan fingerprint density at radius 3 is 2.52 bits per heavy atom. The molecule has 0 aliphatic carbocycles. The fourth-order valence-corrected chi connectivity index (χ4v) is 4.74. The highest BCUT2D eigenvalue weighted by Gasteiger charge is 2.45. The van der Waals surface area contributed by atoms with Gasteiger partial charge in [-0.3, -0.25) is 4.79 Å². The predicted octanol–water partition coefficient (Wildman–Crippen LogP) is 4.49. The van der Waals surface area contributed by atoms with Crippen LogP contribution in [-0.4, -0.2) is 28.5 Å². The van der Waals surface area contributed by atoms with Crippen molar-refractivity contribution in [3.63, 3.8) is 0 Å². The second kappa shape index (κ2) is 7.90. The van der Waals surface area contributed by atoms with Crippen LogP contribution in [0.25, 0.3) is 21.8 Å². The summed E-state index contributed by atoms with van der Waals surface area (Å²) in [5.74, 6) is 0.974. The molecule has 6 nitrogen and oxygen atoms in total. The van der Waals surface area contributed by atoms with Crippen LogP contribution in [0.1, 0.15) is 31.1 Å². The minimum atomic E-state index is -0.952. The Balaban J connectivity index is 1.81. The van der Waals surface area contributed by atoms with Crippen LogP contribution in [0.5, 0.6) is 11.5 Å². The number of aryl methyl sites for hydroxylation is 1. The normalized spacial score (nSPS) is 19.3. The van der Waals surface area contributed by atoms with Crippen molar-refractivity contribution in [1.29, 1.82) is 0 Å². The SMILES string of the molecule is COc1cc2c(c3c1c(=O)c1ccccc1n3C)[C@@H](OCc1ccccc1)[C@@H](O)C(C)(C)O2. The molecule has 2 heterocycles. The number of aliphatic hydroxyl groups is 1. The summed E-state index contributed by atoms with van der Waals surface area (Å²) in [6.45, 7) is 3.97. The van der Waals surface area contributed by atoms with E-state index in [2.05, 4.69) is 0 Å². The van der Waals surface area contributed by atoms with E-state index in [1.807, 2.05) is 80.1 Å². The number of para-hydroxylation sites is 1. The maximum atomic E-state index is 13.6. The Labute approximate surface area is 191 Å². The van der Waals surface area contributed by atoms with Crippen LogP contribution < -0.4 is 14.9 Å². The van der Waals surface area contributed by atoms with Gasteiger partial charge in [0, 0.05) is 18.5 Å². The van der Waals surface area contributed by atoms with Gasteiger partial charge in [-0.15, -0.1) is 0 Å². The van der Waals surface area contributed by atoms with Gasteiger partial charge in [-0.1, -0.05) is 42.5 Å². The number of methoxy groups -OCH3 is 1. The maximum Gasteiger partial charge on any atom is 0.200 e. The molecule has 0 unspecified atom stereocenters. The standard InChI is InChI=1S/C27H27NO5/c1-27(2)26(30)25(32-15-16-10-6-5-7-11-16)22-20(33-27)14-19(31-4)21-23(22)28(3)18-13-9-8-12-17(18)24(21)29/h5-14,25-26,30H,15H2,1-4H3/t25-,26-/m1/s1. The molecule has 1 N–H and O–H groups in total. The minimum absolute atomic E-state index is 0.125. The number of ether oxygens (including phenoxy) is 3. The van der Waals surface area contributed by atoms with Crippen LogP contribution >= 0.6 is 0 Å². The van der Waals surface area contributed by atoms with Gasteiger partial charge in [0.25, 0.3) is 0 Å². The van der Waals surface area contributed by atoms with Gasteiger partial charge in [0.1, 0.15) is 29.3 Å². The highest BCUT2D eigenvalue weighted by atomic mass is 16.5. The number of hydrogen-bond acceptors (Lipinski definition) is 5. The largest absolute Gasteiger partial charge is 0.496 e. The highest BCUT2D eigenvalue weighted by molar-refractivity contribution is 5.99. The second-order valence-electron chi connectivity index (χ2n) is 8.99. The Kier molecular flexibility index (Phi) is 5.15. The molecule has 5 rings (SSSR count). The van der Waals surface area contributed by atoms with E-state index in [0.717, 1.165) is 11.1 Å². The van der Waals surface area contributed by atoms with Crippen molar-refractivity contribution >= 4 is 21.8 Å². The summed E-state index contributed by atoms with van der Waals surface area (Å²) in [5.41, 5.74) is 2.04. The van der Waals surface area contributed by atoms with Crippen LogP contribution in [0.3, 0.4) is 0 Å². The van der Waals surface area contributed by atoms with Gasteiger partial charge in [0.05, 0.1) is 35.7 Å². The molecule has 0 spiro atoms. The summed E-state index contributed by atoms with van der Waals surface area (Å²) < 4.78 is 20.2. The lowest BCUT2D eigenvalue weighted by atomic mass is 9.86. The summed E-state index contributed by atoms with van der Waals surface area (Å²) in [5, 5.41) is 12.4. The molecule has 33 heavy (non-hydrogen) atoms. The van der Waals surface area contributed by atoms with E-state index in [1.54, 1.807) is 13.2 Å². The number of hydrogen-bond donors (Lipinski definition) is 1. The first-order valence-electron chi connectivity index (χ1n) is 11.0. The van der Waals surface area contributed by atoms with Gasteiger partial charge in [-0.2, -0.15) is 0 Å². The number of benzene rings is 3. The molecular formula is C27H27NO5. The van der Waals surface area contributed by atoms with E-state index in [-0.39, 0.29) is 5.43 Å². The van der Waals surface area contributed by atoms with E-state index in [1.165, 1.54) is 0 Å². The van der Waals surface area contributed by atoms with Gasteiger partial charge in [0.15, 0.2) is 0 Å². The molecule has 170 valence electrons. The second-order valence-corrected chi connectivity index (χ2v) is 8.99. The number of rotatable bonds is 4. The molecule has 0 bridgehead atoms. The van der Waals surface area contributed by atoms with Crippen LogP contribution in [0.15, 0.2) is 65.5 Å². The molecule has 0 saturated heterocycles. The van der Waals surface area contributed by atoms with Crippen molar-refractivity contribution in [3.05, 3.63) is 82.0 Å². The number of aliphatic hydroxyl groups excluding tert-OH is 1. The third kappa shape index (κ3) is 3.37. The molecule has 0 saturated carbocycles. The maximum absolute atomic E-state index is 13.6. The van der Waals surface area contributed by atoms with Gasteiger partial charge in [0.2, 0.25) is 5.43 Å². The van der Waals surface area contributed by atoms with Gasteiger partial charge >= 0.3 is 0 Å². The molecule has 6 heteroatoms. The number of aromatic nitrogens is 1. The third-order valence-corrected chi connectivity index (χ3v) is 6.49. The summed E-state index contributed by atoms with van der Waals surface area (Å²) >= 11 is 0. The summed E-state index contributed by atoms with van der Waals surface area (Å²) in [6, 6.07) is 19.0. The summed E-state index contributed by atoms with van der Waals surface area (Å²) in [6.07, 6.45) is -1.66. The first-order valence-corrected chi connectivity index (χ1v) is 11.0. The topological polar surface area (TPSA) is 69.9 Å². The van der Waals surface area contributed by atoms with Gasteiger partial charge in [-0.05, 0) is 31.5 Å². The minimum Gasteiger partial charge on any atom is -0.496 e. The lowest BCUT2D eigenvalue weighted by molar-refractivity contribution is -0.138. The molecular weight excluding hydrogens is 418 g/mol. The van der Waals surface area contributed by atoms with Gasteiger partial charge in [-0.25, -0.2) is 0 Å². The van der Waals surface area contributed by atoms with E-state index < -0.39 is 17.8 Å². The zero-order valence-electron chi connectivity index (χ0n) is 19.2. The van der Waals surface area contributed by atoms with Gasteiger partial charge < -0.3 is 23.9 Å². The average molecular weight is 446 g/mol. The Hall–Kier alpha value is -3.35. The first-order chi connectivity index (χ1) is 15.8. The quantitative estimate of drug-likeness (QED) is 0.469. The molecule has 3 aromatic carbocycles. The molecule has 2 atom stereocenters. The third-order valence-electron chi connectivity index (χ3n) is 6.49. The van der Waals surface area contributed by atoms with E-state index in [4.69, 9.17) is 14.2 Å². The van der Waals surface area contributed by atoms with Crippen molar-refractivity contribution in [2.24, 2.45) is 7.05 Å². The number of pyridine rings is 1. The van der Waals surface area contributed by atoms with Crippen molar-refractivity contribution in [1.82, 2.24) is 4.57 Å². The first kappa shape index (κ1) is 21.5. The van der Waals surface area contributed by atoms with E-state index >= 15 is 0 Å². The fourth-order valence-electron chi connectivity index (χ4n) is 4.74. The molecule has 0 fully saturated rings. The lowest BCUT2D eigenvalue weighted by Crippen LogP contribution is -2.49. The van der Waals surface area contributed by atoms with E-state index in [9.17, 15) is 9.90 Å². The average Bonchev–Trinajstić information content (AvgIpc) is 2.82. The monoisotopic (exact) mass is 445 g/mol. The molecule has 0 radical (unpaired) electrons. The summed E-state index contributed by atoms with van der Waals surface area (Å²) in [7, 11) is 3.45. The number of nitrogens with zero attached hydrogens (tertiary/aromatic N) is 1. The highest BCUT2D eigenvalue weighted by Crippen LogP contribution is 2.48. The number of fused-ring (bicyclic) bond motifs is 4. The van der Waals surface area contributed by atoms with Crippen LogP contribution in [0, 0.1) is 0 Å². The zero-order chi connectivity index (χ0) is 23.3. The zero-order valence-corrected chi connectivity index (χ0v) is 19.2. The smallest absolute Gasteiger partial charge is 0.200 e. The van der Waals surface area contributed by atoms with Crippen molar-refractivity contribution in [3.8, 4) is 11.5 Å². The molecule has 1 aliphatic heterocycles. The van der Waals surface area contributed by atoms with Crippen molar-refractivity contribution < 1.29 is 19.3 Å². The van der Waals surface area contributed by atoms with E-state index in [0.29, 0.717) is 40.0 Å². The molecule has 4 aromatic rings. The Morgan fingerprint density at radius 1 is 1.09 bits per heavy atom.